The summed E-state index contributed by atoms with van der Waals surface area (Å²) in [7, 11) is 0. The molecule has 244 valence electrons. The summed E-state index contributed by atoms with van der Waals surface area (Å²) in [4.78, 5) is 0. The third-order valence-corrected chi connectivity index (χ3v) is 8.73. The molecule has 51 heavy (non-hydrogen) atoms. The van der Waals surface area contributed by atoms with Crippen LogP contribution in [0.25, 0.3) is 73.6 Å². The highest BCUT2D eigenvalue weighted by Crippen LogP contribution is 2.37. The predicted octanol–water partition coefficient (Wildman–Crippen LogP) is 9.83. The third-order valence-electron chi connectivity index (χ3n) is 8.73. The molecule has 0 saturated carbocycles. The maximum atomic E-state index is 6.36. The Morgan fingerprint density at radius 3 is 1.61 bits per heavy atom. The van der Waals surface area contributed by atoms with Gasteiger partial charge in [0.1, 0.15) is 0 Å². The molecule has 5 aromatic carbocycles. The molecule has 0 atom stereocenters. The largest absolute Gasteiger partial charge is 0.416 e. The average molecular weight is 665 g/mol. The van der Waals surface area contributed by atoms with Crippen molar-refractivity contribution in [3.8, 4) is 57.3 Å². The standard InChI is InChI=1S/C42H28N6O3/c1-2-4-6-16-29(17-7-5-3-1)37-43-44-38(49-37)30-24-31(39-45-47-41(50-39)35-22-12-18-27-14-8-10-20-33(27)35)26-32(25-30)40-46-48-42(51-40)36-23-13-19-28-15-9-11-21-34(28)36/h1-12,14-18,20-26H,13,19H2. The lowest BCUT2D eigenvalue weighted by Crippen LogP contribution is -2.00. The van der Waals surface area contributed by atoms with Crippen LogP contribution in [0.5, 0.6) is 0 Å². The van der Waals surface area contributed by atoms with Crippen molar-refractivity contribution < 1.29 is 13.3 Å². The summed E-state index contributed by atoms with van der Waals surface area (Å²) < 4.78 is 18.9. The number of aryl methyl sites for hydroxylation is 1. The van der Waals surface area contributed by atoms with E-state index in [-0.39, 0.29) is 0 Å². The SMILES string of the molecule is C1=C(c2nnc(-c3cc(-c4nnc(-c5ccccccccc5)o4)cc(-c4nnc(-c5cccc6ccccc56)o4)c3)o2)c2ccccc2CC1. The molecule has 3 aromatic heterocycles. The number of rotatable bonds is 6. The van der Waals surface area contributed by atoms with Crippen molar-refractivity contribution >= 4 is 16.3 Å². The molecule has 0 unspecified atom stereocenters. The minimum Gasteiger partial charge on any atom is -0.416 e. The topological polar surface area (TPSA) is 117 Å². The second-order valence-electron chi connectivity index (χ2n) is 12.0. The van der Waals surface area contributed by atoms with Crippen molar-refractivity contribution in [3.05, 3.63) is 163 Å². The van der Waals surface area contributed by atoms with Gasteiger partial charge in [0.25, 0.3) is 0 Å². The van der Waals surface area contributed by atoms with Crippen LogP contribution in [0.4, 0.5) is 0 Å². The highest BCUT2D eigenvalue weighted by atomic mass is 16.4. The van der Waals surface area contributed by atoms with Crippen LogP contribution in [0, 0.1) is 0 Å². The average Bonchev–Trinajstić information content (AvgIpc) is 3.99. The predicted molar refractivity (Wildman–Crippen MR) is 194 cm³/mol. The Kier molecular flexibility index (Phi) is 7.75. The molecule has 0 spiro atoms. The molecule has 0 saturated heterocycles. The second kappa shape index (κ2) is 13.1. The number of allylic oxidation sites excluding steroid dienone is 1. The van der Waals surface area contributed by atoms with Crippen molar-refractivity contribution in [1.82, 2.24) is 30.6 Å². The van der Waals surface area contributed by atoms with Gasteiger partial charge in [-0.1, -0.05) is 109 Å². The van der Waals surface area contributed by atoms with Gasteiger partial charge < -0.3 is 13.3 Å². The van der Waals surface area contributed by atoms with Crippen LogP contribution < -0.4 is 0 Å². The minimum absolute atomic E-state index is 0.302. The molecule has 8 aromatic rings. The van der Waals surface area contributed by atoms with Crippen molar-refractivity contribution in [1.29, 1.82) is 0 Å². The van der Waals surface area contributed by atoms with E-state index in [0.717, 1.165) is 45.9 Å². The highest BCUT2D eigenvalue weighted by Gasteiger charge is 2.22. The van der Waals surface area contributed by atoms with E-state index in [1.807, 2.05) is 109 Å². The highest BCUT2D eigenvalue weighted by molar-refractivity contribution is 5.94. The molecular weight excluding hydrogens is 637 g/mol. The van der Waals surface area contributed by atoms with E-state index in [1.54, 1.807) is 0 Å². The van der Waals surface area contributed by atoms with Crippen LogP contribution in [-0.4, -0.2) is 30.6 Å². The number of aromatic nitrogens is 6. The van der Waals surface area contributed by atoms with Gasteiger partial charge >= 0.3 is 0 Å². The molecule has 9 nitrogen and oxygen atoms in total. The van der Waals surface area contributed by atoms with Gasteiger partial charge in [-0.15, -0.1) is 30.6 Å². The fourth-order valence-electron chi connectivity index (χ4n) is 6.29. The Balaban J connectivity index is 1.14. The summed E-state index contributed by atoms with van der Waals surface area (Å²) in [5, 5.41) is 28.8. The fraction of sp³-hybridized carbons (Fsp3) is 0.0476. The zero-order valence-electron chi connectivity index (χ0n) is 27.2. The zero-order chi connectivity index (χ0) is 34.0. The van der Waals surface area contributed by atoms with Crippen molar-refractivity contribution in [2.45, 2.75) is 12.8 Å². The molecule has 0 fully saturated rings. The van der Waals surface area contributed by atoms with Gasteiger partial charge in [0.2, 0.25) is 35.3 Å². The van der Waals surface area contributed by atoms with Gasteiger partial charge in [0.15, 0.2) is 0 Å². The van der Waals surface area contributed by atoms with Crippen molar-refractivity contribution in [2.24, 2.45) is 0 Å². The summed E-state index contributed by atoms with van der Waals surface area (Å²) in [6, 6.07) is 45.5. The molecule has 0 N–H and O–H groups in total. The van der Waals surface area contributed by atoms with Crippen LogP contribution in [0.15, 0.2) is 159 Å². The van der Waals surface area contributed by atoms with E-state index >= 15 is 0 Å². The molecule has 1 aliphatic rings. The molecule has 0 amide bonds. The van der Waals surface area contributed by atoms with Crippen LogP contribution >= 0.6 is 0 Å². The van der Waals surface area contributed by atoms with Gasteiger partial charge in [-0.05, 0) is 71.1 Å². The van der Waals surface area contributed by atoms with E-state index < -0.39 is 0 Å². The number of nitrogens with zero attached hydrogens (tertiary/aromatic N) is 6. The molecule has 0 aliphatic heterocycles. The monoisotopic (exact) mass is 664 g/mol. The van der Waals surface area contributed by atoms with E-state index in [9.17, 15) is 0 Å². The Bertz CT molecular complexity index is 2600. The summed E-state index contributed by atoms with van der Waals surface area (Å²) in [5.74, 6) is 2.17. The van der Waals surface area contributed by atoms with Gasteiger partial charge in [-0.2, -0.15) is 0 Å². The summed E-state index contributed by atoms with van der Waals surface area (Å²) in [5.41, 5.74) is 6.78. The quantitative estimate of drug-likeness (QED) is 0.171. The van der Waals surface area contributed by atoms with Gasteiger partial charge in [-0.3, -0.25) is 0 Å². The van der Waals surface area contributed by atoms with E-state index in [1.165, 1.54) is 5.56 Å². The second-order valence-corrected chi connectivity index (χ2v) is 12.0. The van der Waals surface area contributed by atoms with Crippen LogP contribution in [0.3, 0.4) is 0 Å². The Morgan fingerprint density at radius 2 is 0.882 bits per heavy atom. The van der Waals surface area contributed by atoms with E-state index in [2.05, 4.69) is 67.0 Å². The van der Waals surface area contributed by atoms with Crippen molar-refractivity contribution in [2.75, 3.05) is 0 Å². The van der Waals surface area contributed by atoms with Crippen LogP contribution in [0.2, 0.25) is 0 Å². The molecule has 9 heteroatoms. The molecule has 9 rings (SSSR count). The number of fused-ring (bicyclic) bond motifs is 2. The Labute approximate surface area is 292 Å². The lowest BCUT2D eigenvalue weighted by atomic mass is 9.91. The zero-order valence-corrected chi connectivity index (χ0v) is 27.2. The van der Waals surface area contributed by atoms with E-state index in [4.69, 9.17) is 13.3 Å². The summed E-state index contributed by atoms with van der Waals surface area (Å²) >= 11 is 0. The van der Waals surface area contributed by atoms with Crippen molar-refractivity contribution in [3.63, 3.8) is 0 Å². The Hall–Kier alpha value is -7.00. The maximum Gasteiger partial charge on any atom is 0.248 e. The first-order valence-electron chi connectivity index (χ1n) is 16.6. The number of hydrogen-bond acceptors (Lipinski definition) is 9. The van der Waals surface area contributed by atoms with Gasteiger partial charge in [-0.25, -0.2) is 0 Å². The van der Waals surface area contributed by atoms with E-state index in [0.29, 0.717) is 52.0 Å². The molecule has 0 radical (unpaired) electrons. The first-order valence-corrected chi connectivity index (χ1v) is 16.6. The number of hydrogen-bond donors (Lipinski definition) is 0. The normalized spacial score (nSPS) is 12.3. The molecule has 1 aliphatic carbocycles. The Morgan fingerprint density at radius 1 is 0.392 bits per heavy atom. The van der Waals surface area contributed by atoms with Gasteiger partial charge in [0.05, 0.1) is 0 Å². The number of benzene rings is 4. The lowest BCUT2D eigenvalue weighted by Gasteiger charge is -2.14. The summed E-state index contributed by atoms with van der Waals surface area (Å²) in [6.07, 6.45) is 4.02. The lowest BCUT2D eigenvalue weighted by molar-refractivity contribution is 0.553. The molecule has 3 heterocycles. The molecular formula is C42H28N6O3. The minimum atomic E-state index is 0.302. The maximum absolute atomic E-state index is 6.36. The first-order chi connectivity index (χ1) is 25.3. The first kappa shape index (κ1) is 30.1. The molecule has 0 bridgehead atoms. The smallest absolute Gasteiger partial charge is 0.248 e. The van der Waals surface area contributed by atoms with Crippen LogP contribution in [0.1, 0.15) is 23.4 Å². The van der Waals surface area contributed by atoms with Crippen LogP contribution in [-0.2, 0) is 6.42 Å². The van der Waals surface area contributed by atoms with Gasteiger partial charge in [0, 0.05) is 33.4 Å². The fourth-order valence-corrected chi connectivity index (χ4v) is 6.29. The summed E-state index contributed by atoms with van der Waals surface area (Å²) in [6.45, 7) is 0. The third kappa shape index (κ3) is 5.97.